The van der Waals surface area contributed by atoms with Gasteiger partial charge in [-0.05, 0) is 65.7 Å². The normalized spacial score (nSPS) is 15.7. The molecule has 28 heavy (non-hydrogen) atoms. The zero-order valence-corrected chi connectivity index (χ0v) is 15.9. The van der Waals surface area contributed by atoms with Crippen LogP contribution in [0.1, 0.15) is 18.4 Å². The molecule has 2 aromatic rings. The molecule has 1 amide bonds. The number of halogens is 3. The molecule has 2 aromatic carbocycles. The maximum atomic E-state index is 13.2. The Labute approximate surface area is 166 Å². The maximum Gasteiger partial charge on any atom is 0.417 e. The van der Waals surface area contributed by atoms with Gasteiger partial charge < -0.3 is 11.1 Å². The van der Waals surface area contributed by atoms with E-state index in [1.807, 2.05) is 17.8 Å². The molecule has 1 aliphatic rings. The Hall–Kier alpha value is -2.41. The summed E-state index contributed by atoms with van der Waals surface area (Å²) in [5, 5.41) is 2.70. The third kappa shape index (κ3) is 5.10. The molecule has 1 heterocycles. The average Bonchev–Trinajstić information content (AvgIpc) is 2.68. The minimum absolute atomic E-state index is 0.0506. The molecule has 0 aromatic heterocycles. The maximum absolute atomic E-state index is 13.2. The number of hydrogen-bond acceptors (Lipinski definition) is 3. The standard InChI is InChI=1S/C21H21F3N2OS/c22-21(23,24)17-4-2-1-3-16(17)15-6-7-19(18(25)13-15)26-20(27)8-5-14-9-11-28-12-10-14/h1-8,13-14H,9-12,25H2,(H,26,27)/b8-5+. The van der Waals surface area contributed by atoms with Crippen LogP contribution in [0.15, 0.2) is 54.6 Å². The molecule has 0 saturated carbocycles. The first kappa shape index (κ1) is 20.3. The molecule has 0 spiro atoms. The van der Waals surface area contributed by atoms with Gasteiger partial charge in [0.1, 0.15) is 0 Å². The molecule has 3 N–H and O–H groups in total. The summed E-state index contributed by atoms with van der Waals surface area (Å²) < 4.78 is 39.7. The highest BCUT2D eigenvalue weighted by molar-refractivity contribution is 7.99. The van der Waals surface area contributed by atoms with Crippen molar-refractivity contribution in [3.05, 3.63) is 60.2 Å². The Morgan fingerprint density at radius 2 is 1.86 bits per heavy atom. The number of nitrogens with one attached hydrogen (secondary N) is 1. The number of allylic oxidation sites excluding steroid dienone is 1. The van der Waals surface area contributed by atoms with E-state index in [4.69, 9.17) is 5.73 Å². The quantitative estimate of drug-likeness (QED) is 0.514. The number of hydrogen-bond donors (Lipinski definition) is 2. The van der Waals surface area contributed by atoms with Crippen molar-refractivity contribution in [2.45, 2.75) is 19.0 Å². The van der Waals surface area contributed by atoms with Crippen LogP contribution in [0.2, 0.25) is 0 Å². The van der Waals surface area contributed by atoms with Crippen LogP contribution in [0.5, 0.6) is 0 Å². The number of anilines is 2. The van der Waals surface area contributed by atoms with Crippen molar-refractivity contribution in [2.75, 3.05) is 22.6 Å². The molecule has 3 nitrogen and oxygen atoms in total. The van der Waals surface area contributed by atoms with Gasteiger partial charge in [0, 0.05) is 0 Å². The van der Waals surface area contributed by atoms with Crippen LogP contribution in [0, 0.1) is 5.92 Å². The highest BCUT2D eigenvalue weighted by Gasteiger charge is 2.33. The molecule has 0 unspecified atom stereocenters. The Morgan fingerprint density at radius 1 is 1.14 bits per heavy atom. The van der Waals surface area contributed by atoms with Crippen molar-refractivity contribution in [2.24, 2.45) is 5.92 Å². The van der Waals surface area contributed by atoms with Crippen molar-refractivity contribution in [1.29, 1.82) is 0 Å². The summed E-state index contributed by atoms with van der Waals surface area (Å²) in [7, 11) is 0. The average molecular weight is 406 g/mol. The van der Waals surface area contributed by atoms with Crippen LogP contribution in [-0.2, 0) is 11.0 Å². The lowest BCUT2D eigenvalue weighted by atomic mass is 9.98. The lowest BCUT2D eigenvalue weighted by Crippen LogP contribution is -2.12. The molecule has 7 heteroatoms. The van der Waals surface area contributed by atoms with E-state index >= 15 is 0 Å². The molecule has 3 rings (SSSR count). The van der Waals surface area contributed by atoms with Crippen molar-refractivity contribution < 1.29 is 18.0 Å². The third-order valence-corrected chi connectivity index (χ3v) is 5.69. The monoisotopic (exact) mass is 406 g/mol. The Kier molecular flexibility index (Phi) is 6.34. The van der Waals surface area contributed by atoms with Crippen molar-refractivity contribution in [3.8, 4) is 11.1 Å². The van der Waals surface area contributed by atoms with Crippen molar-refractivity contribution in [3.63, 3.8) is 0 Å². The molecule has 0 atom stereocenters. The molecule has 0 bridgehead atoms. The first-order valence-corrected chi connectivity index (χ1v) is 10.1. The number of rotatable bonds is 4. The van der Waals surface area contributed by atoms with Gasteiger partial charge in [-0.25, -0.2) is 0 Å². The SMILES string of the molecule is Nc1cc(-c2ccccc2C(F)(F)F)ccc1NC(=O)/C=C/C1CCSCC1. The fraction of sp³-hybridized carbons (Fsp3) is 0.286. The topological polar surface area (TPSA) is 55.1 Å². The summed E-state index contributed by atoms with van der Waals surface area (Å²) in [5.41, 5.74) is 6.25. The van der Waals surface area contributed by atoms with E-state index in [2.05, 4.69) is 5.32 Å². The van der Waals surface area contributed by atoms with Crippen LogP contribution in [0.3, 0.4) is 0 Å². The predicted octanol–water partition coefficient (Wildman–Crippen LogP) is 5.59. The molecule has 1 fully saturated rings. The number of carbonyl (C=O) groups is 1. The van der Waals surface area contributed by atoms with Crippen LogP contribution in [0.4, 0.5) is 24.5 Å². The van der Waals surface area contributed by atoms with Crippen LogP contribution in [0.25, 0.3) is 11.1 Å². The van der Waals surface area contributed by atoms with Gasteiger partial charge in [0.05, 0.1) is 16.9 Å². The molecule has 0 aliphatic carbocycles. The number of nitrogen functional groups attached to an aromatic ring is 1. The van der Waals surface area contributed by atoms with Crippen LogP contribution >= 0.6 is 11.8 Å². The molecule has 1 saturated heterocycles. The van der Waals surface area contributed by atoms with Gasteiger partial charge in [-0.3, -0.25) is 4.79 Å². The zero-order valence-electron chi connectivity index (χ0n) is 15.1. The Morgan fingerprint density at radius 3 is 2.54 bits per heavy atom. The minimum Gasteiger partial charge on any atom is -0.397 e. The van der Waals surface area contributed by atoms with Gasteiger partial charge in [-0.1, -0.05) is 30.3 Å². The van der Waals surface area contributed by atoms with Gasteiger partial charge in [0.15, 0.2) is 0 Å². The van der Waals surface area contributed by atoms with E-state index in [0.717, 1.165) is 30.4 Å². The summed E-state index contributed by atoms with van der Waals surface area (Å²) in [6, 6.07) is 9.84. The van der Waals surface area contributed by atoms with E-state index in [-0.39, 0.29) is 17.2 Å². The minimum atomic E-state index is -4.46. The molecular weight excluding hydrogens is 385 g/mol. The van der Waals surface area contributed by atoms with E-state index in [1.54, 1.807) is 6.07 Å². The zero-order chi connectivity index (χ0) is 20.1. The van der Waals surface area contributed by atoms with Crippen molar-refractivity contribution in [1.82, 2.24) is 0 Å². The number of benzene rings is 2. The summed E-state index contributed by atoms with van der Waals surface area (Å²) in [5.74, 6) is 2.31. The Bertz CT molecular complexity index is 874. The van der Waals surface area contributed by atoms with Crippen LogP contribution < -0.4 is 11.1 Å². The molecule has 148 valence electrons. The first-order valence-electron chi connectivity index (χ1n) is 8.97. The fourth-order valence-corrected chi connectivity index (χ4v) is 4.28. The summed E-state index contributed by atoms with van der Waals surface area (Å²) in [6.45, 7) is 0. The van der Waals surface area contributed by atoms with E-state index < -0.39 is 11.7 Å². The van der Waals surface area contributed by atoms with E-state index in [0.29, 0.717) is 17.2 Å². The molecular formula is C21H21F3N2OS. The van der Waals surface area contributed by atoms with Gasteiger partial charge in [-0.15, -0.1) is 0 Å². The highest BCUT2D eigenvalue weighted by Crippen LogP contribution is 2.38. The lowest BCUT2D eigenvalue weighted by Gasteiger charge is -2.17. The molecule has 0 radical (unpaired) electrons. The first-order chi connectivity index (χ1) is 13.3. The highest BCUT2D eigenvalue weighted by atomic mass is 32.2. The second-order valence-electron chi connectivity index (χ2n) is 6.64. The molecule has 1 aliphatic heterocycles. The number of nitrogens with two attached hydrogens (primary N) is 1. The number of thioether (sulfide) groups is 1. The van der Waals surface area contributed by atoms with Gasteiger partial charge >= 0.3 is 6.18 Å². The fourth-order valence-electron chi connectivity index (χ4n) is 3.13. The second-order valence-corrected chi connectivity index (χ2v) is 7.87. The third-order valence-electron chi connectivity index (χ3n) is 4.64. The van der Waals surface area contributed by atoms with Gasteiger partial charge in [0.25, 0.3) is 0 Å². The van der Waals surface area contributed by atoms with Crippen LogP contribution in [-0.4, -0.2) is 17.4 Å². The van der Waals surface area contributed by atoms with Crippen molar-refractivity contribution >= 4 is 29.0 Å². The van der Waals surface area contributed by atoms with E-state index in [9.17, 15) is 18.0 Å². The summed E-state index contributed by atoms with van der Waals surface area (Å²) in [6.07, 6.45) is 1.08. The number of amides is 1. The lowest BCUT2D eigenvalue weighted by molar-refractivity contribution is -0.137. The summed E-state index contributed by atoms with van der Waals surface area (Å²) >= 11 is 1.92. The number of alkyl halides is 3. The largest absolute Gasteiger partial charge is 0.417 e. The Balaban J connectivity index is 1.74. The number of carbonyl (C=O) groups excluding carboxylic acids is 1. The summed E-state index contributed by atoms with van der Waals surface area (Å²) in [4.78, 5) is 12.1. The van der Waals surface area contributed by atoms with E-state index in [1.165, 1.54) is 36.4 Å². The smallest absolute Gasteiger partial charge is 0.397 e. The van der Waals surface area contributed by atoms with Gasteiger partial charge in [-0.2, -0.15) is 24.9 Å². The second kappa shape index (κ2) is 8.73. The predicted molar refractivity (Wildman–Crippen MR) is 109 cm³/mol. The van der Waals surface area contributed by atoms with Gasteiger partial charge in [0.2, 0.25) is 5.91 Å².